The number of hydrogen-bond donors (Lipinski definition) is 0. The van der Waals surface area contributed by atoms with Crippen molar-refractivity contribution in [3.63, 3.8) is 0 Å². The van der Waals surface area contributed by atoms with Crippen LogP contribution in [0.1, 0.15) is 48.9 Å². The first-order valence-corrected chi connectivity index (χ1v) is 7.90. The van der Waals surface area contributed by atoms with Crippen molar-refractivity contribution in [2.45, 2.75) is 38.5 Å². The van der Waals surface area contributed by atoms with Gasteiger partial charge in [0.1, 0.15) is 16.0 Å². The first-order chi connectivity index (χ1) is 9.67. The number of methoxy groups -OCH3 is 2. The fraction of sp³-hybridized carbons (Fsp3) is 0.562. The zero-order valence-electron chi connectivity index (χ0n) is 12.1. The largest absolute Gasteiger partial charge is 0.495 e. The van der Waals surface area contributed by atoms with Crippen LogP contribution in [0.3, 0.4) is 0 Å². The van der Waals surface area contributed by atoms with E-state index < -0.39 is 0 Å². The molecule has 1 aromatic rings. The summed E-state index contributed by atoms with van der Waals surface area (Å²) in [5.74, 6) is 2.12. The molecule has 3 nitrogen and oxygen atoms in total. The minimum Gasteiger partial charge on any atom is -0.495 e. The van der Waals surface area contributed by atoms with E-state index in [-0.39, 0.29) is 5.78 Å². The highest BCUT2D eigenvalue weighted by molar-refractivity contribution is 9.10. The van der Waals surface area contributed by atoms with Gasteiger partial charge in [-0.15, -0.1) is 0 Å². The number of carbonyl (C=O) groups is 1. The van der Waals surface area contributed by atoms with Crippen LogP contribution in [0.5, 0.6) is 11.5 Å². The Morgan fingerprint density at radius 1 is 1.25 bits per heavy atom. The summed E-state index contributed by atoms with van der Waals surface area (Å²) in [4.78, 5) is 12.4. The molecule has 1 aliphatic rings. The van der Waals surface area contributed by atoms with Crippen LogP contribution in [-0.2, 0) is 0 Å². The number of ether oxygens (including phenoxy) is 2. The Kier molecular flexibility index (Phi) is 5.46. The molecule has 2 rings (SSSR count). The van der Waals surface area contributed by atoms with Gasteiger partial charge in [-0.05, 0) is 40.4 Å². The second kappa shape index (κ2) is 7.11. The summed E-state index contributed by atoms with van der Waals surface area (Å²) in [6, 6.07) is 3.59. The number of benzene rings is 1. The van der Waals surface area contributed by atoms with Crippen molar-refractivity contribution in [2.75, 3.05) is 14.2 Å². The van der Waals surface area contributed by atoms with Gasteiger partial charge in [0.05, 0.1) is 19.8 Å². The molecule has 0 radical (unpaired) electrons. The molecule has 0 N–H and O–H groups in total. The number of ketones is 1. The van der Waals surface area contributed by atoms with E-state index in [0.29, 0.717) is 28.0 Å². The van der Waals surface area contributed by atoms with E-state index in [2.05, 4.69) is 15.9 Å². The summed E-state index contributed by atoms with van der Waals surface area (Å²) in [7, 11) is 3.18. The Balaban J connectivity index is 2.10. The number of rotatable bonds is 6. The van der Waals surface area contributed by atoms with Crippen LogP contribution >= 0.6 is 15.9 Å². The normalized spacial score (nSPS) is 15.3. The Morgan fingerprint density at radius 3 is 2.55 bits per heavy atom. The van der Waals surface area contributed by atoms with Gasteiger partial charge in [0.15, 0.2) is 5.78 Å². The van der Waals surface area contributed by atoms with Crippen molar-refractivity contribution in [1.82, 2.24) is 0 Å². The molecule has 0 aliphatic heterocycles. The highest BCUT2D eigenvalue weighted by Gasteiger charge is 2.20. The van der Waals surface area contributed by atoms with Gasteiger partial charge in [-0.3, -0.25) is 4.79 Å². The van der Waals surface area contributed by atoms with Gasteiger partial charge in [-0.2, -0.15) is 0 Å². The summed E-state index contributed by atoms with van der Waals surface area (Å²) >= 11 is 3.44. The first kappa shape index (κ1) is 15.4. The smallest absolute Gasteiger partial charge is 0.166 e. The van der Waals surface area contributed by atoms with Crippen molar-refractivity contribution in [3.05, 3.63) is 22.2 Å². The molecule has 0 aromatic heterocycles. The first-order valence-electron chi connectivity index (χ1n) is 7.11. The minimum absolute atomic E-state index is 0.150. The van der Waals surface area contributed by atoms with E-state index in [1.165, 1.54) is 25.7 Å². The predicted molar refractivity (Wildman–Crippen MR) is 82.8 cm³/mol. The van der Waals surface area contributed by atoms with Crippen molar-refractivity contribution < 1.29 is 14.3 Å². The third-order valence-electron chi connectivity index (χ3n) is 4.04. The molecule has 0 atom stereocenters. The fourth-order valence-corrected chi connectivity index (χ4v) is 3.55. The number of Topliss-reactive ketones (excluding diaryl/α,β-unsaturated/α-hetero) is 1. The molecule has 1 fully saturated rings. The molecule has 110 valence electrons. The molecule has 0 saturated heterocycles. The molecule has 0 unspecified atom stereocenters. The summed E-state index contributed by atoms with van der Waals surface area (Å²) in [6.07, 6.45) is 6.77. The van der Waals surface area contributed by atoms with Crippen molar-refractivity contribution in [1.29, 1.82) is 0 Å². The van der Waals surface area contributed by atoms with Crippen molar-refractivity contribution in [3.8, 4) is 11.5 Å². The van der Waals surface area contributed by atoms with Crippen LogP contribution in [-0.4, -0.2) is 20.0 Å². The van der Waals surface area contributed by atoms with Crippen LogP contribution in [0.2, 0.25) is 0 Å². The molecule has 0 bridgehead atoms. The molecular weight excluding hydrogens is 320 g/mol. The van der Waals surface area contributed by atoms with Crippen molar-refractivity contribution in [2.24, 2.45) is 5.92 Å². The Hall–Kier alpha value is -1.03. The Bertz CT molecular complexity index is 479. The number of hydrogen-bond acceptors (Lipinski definition) is 3. The standard InChI is InChI=1S/C16H21BrO3/c1-19-14-10-8-12(16(20-2)15(14)17)13(18)9-7-11-5-3-4-6-11/h8,10-11H,3-7,9H2,1-2H3. The van der Waals surface area contributed by atoms with Gasteiger partial charge < -0.3 is 9.47 Å². The van der Waals surface area contributed by atoms with E-state index in [1.807, 2.05) is 0 Å². The summed E-state index contributed by atoms with van der Waals surface area (Å²) in [5, 5.41) is 0. The summed E-state index contributed by atoms with van der Waals surface area (Å²) in [6.45, 7) is 0. The van der Waals surface area contributed by atoms with E-state index in [1.54, 1.807) is 26.4 Å². The highest BCUT2D eigenvalue weighted by Crippen LogP contribution is 2.38. The molecule has 20 heavy (non-hydrogen) atoms. The molecule has 1 saturated carbocycles. The molecular formula is C16H21BrO3. The Labute approximate surface area is 128 Å². The minimum atomic E-state index is 0.150. The van der Waals surface area contributed by atoms with Crippen LogP contribution in [0.25, 0.3) is 0 Å². The Morgan fingerprint density at radius 2 is 1.95 bits per heavy atom. The van der Waals surface area contributed by atoms with Crippen LogP contribution < -0.4 is 9.47 Å². The lowest BCUT2D eigenvalue weighted by Gasteiger charge is -2.13. The van der Waals surface area contributed by atoms with Crippen LogP contribution in [0, 0.1) is 5.92 Å². The van der Waals surface area contributed by atoms with E-state index in [0.717, 1.165) is 12.3 Å². The quantitative estimate of drug-likeness (QED) is 0.709. The maximum absolute atomic E-state index is 12.4. The lowest BCUT2D eigenvalue weighted by atomic mass is 9.97. The maximum atomic E-state index is 12.4. The van der Waals surface area contributed by atoms with E-state index in [9.17, 15) is 4.79 Å². The SMILES string of the molecule is COc1ccc(C(=O)CCC2CCCC2)c(OC)c1Br. The molecule has 0 heterocycles. The van der Waals surface area contributed by atoms with Crippen molar-refractivity contribution >= 4 is 21.7 Å². The van der Waals surface area contributed by atoms with Crippen LogP contribution in [0.4, 0.5) is 0 Å². The summed E-state index contributed by atoms with van der Waals surface area (Å²) in [5.41, 5.74) is 0.637. The molecule has 1 aliphatic carbocycles. The van der Waals surface area contributed by atoms with Gasteiger partial charge in [-0.25, -0.2) is 0 Å². The lowest BCUT2D eigenvalue weighted by Crippen LogP contribution is -2.06. The lowest BCUT2D eigenvalue weighted by molar-refractivity contribution is 0.0970. The third kappa shape index (κ3) is 3.35. The van der Waals surface area contributed by atoms with Gasteiger partial charge in [-0.1, -0.05) is 25.7 Å². The molecule has 1 aromatic carbocycles. The third-order valence-corrected chi connectivity index (χ3v) is 4.79. The van der Waals surface area contributed by atoms with Gasteiger partial charge in [0, 0.05) is 6.42 Å². The van der Waals surface area contributed by atoms with Crippen LogP contribution in [0.15, 0.2) is 16.6 Å². The molecule has 0 spiro atoms. The fourth-order valence-electron chi connectivity index (χ4n) is 2.88. The highest BCUT2D eigenvalue weighted by atomic mass is 79.9. The van der Waals surface area contributed by atoms with Gasteiger partial charge in [0.25, 0.3) is 0 Å². The predicted octanol–water partition coefficient (Wildman–Crippen LogP) is 4.62. The van der Waals surface area contributed by atoms with Gasteiger partial charge >= 0.3 is 0 Å². The van der Waals surface area contributed by atoms with Gasteiger partial charge in [0.2, 0.25) is 0 Å². The zero-order valence-corrected chi connectivity index (χ0v) is 13.7. The monoisotopic (exact) mass is 340 g/mol. The second-order valence-electron chi connectivity index (χ2n) is 5.27. The van der Waals surface area contributed by atoms with E-state index in [4.69, 9.17) is 9.47 Å². The average molecular weight is 341 g/mol. The molecule has 0 amide bonds. The second-order valence-corrected chi connectivity index (χ2v) is 6.07. The van der Waals surface area contributed by atoms with E-state index >= 15 is 0 Å². The molecule has 4 heteroatoms. The topological polar surface area (TPSA) is 35.5 Å². The maximum Gasteiger partial charge on any atom is 0.166 e. The number of halogens is 1. The zero-order chi connectivity index (χ0) is 14.5. The summed E-state index contributed by atoms with van der Waals surface area (Å²) < 4.78 is 11.3. The number of carbonyl (C=O) groups excluding carboxylic acids is 1. The average Bonchev–Trinajstić information content (AvgIpc) is 2.97.